The zero-order valence-electron chi connectivity index (χ0n) is 18.9. The number of amides is 3. The van der Waals surface area contributed by atoms with Gasteiger partial charge in [-0.1, -0.05) is 24.3 Å². The van der Waals surface area contributed by atoms with Crippen LogP contribution in [-0.4, -0.2) is 73.4 Å². The second-order valence-electron chi connectivity index (χ2n) is 8.53. The van der Waals surface area contributed by atoms with Crippen molar-refractivity contribution >= 4 is 23.4 Å². The monoisotopic (exact) mass is 450 g/mol. The van der Waals surface area contributed by atoms with E-state index < -0.39 is 0 Å². The van der Waals surface area contributed by atoms with Gasteiger partial charge < -0.3 is 20.3 Å². The molecule has 0 unspecified atom stereocenters. The van der Waals surface area contributed by atoms with Crippen LogP contribution in [0.25, 0.3) is 0 Å². The molecule has 1 aliphatic heterocycles. The molecule has 2 aliphatic rings. The average molecular weight is 451 g/mol. The molecule has 2 fully saturated rings. The van der Waals surface area contributed by atoms with E-state index in [0.717, 1.165) is 24.2 Å². The van der Waals surface area contributed by atoms with E-state index in [1.807, 2.05) is 34.1 Å². The summed E-state index contributed by atoms with van der Waals surface area (Å²) in [7, 11) is 1.61. The Hall–Kier alpha value is -3.39. The molecule has 3 amide bonds. The summed E-state index contributed by atoms with van der Waals surface area (Å²) >= 11 is 0. The van der Waals surface area contributed by atoms with Crippen molar-refractivity contribution in [1.29, 1.82) is 0 Å². The number of carbonyl (C=O) groups is 3. The smallest absolute Gasteiger partial charge is 0.253 e. The highest BCUT2D eigenvalue weighted by Crippen LogP contribution is 2.21. The van der Waals surface area contributed by atoms with Gasteiger partial charge in [-0.3, -0.25) is 19.3 Å². The molecule has 1 heterocycles. The first kappa shape index (κ1) is 22.8. The Balaban J connectivity index is 1.25. The van der Waals surface area contributed by atoms with Crippen LogP contribution in [0.4, 0.5) is 5.69 Å². The maximum Gasteiger partial charge on any atom is 0.253 e. The van der Waals surface area contributed by atoms with E-state index in [1.54, 1.807) is 31.4 Å². The van der Waals surface area contributed by atoms with Crippen molar-refractivity contribution in [3.05, 3.63) is 59.7 Å². The van der Waals surface area contributed by atoms with Crippen LogP contribution in [0.15, 0.2) is 48.5 Å². The number of rotatable bonds is 8. The molecule has 4 rings (SSSR count). The first-order valence-electron chi connectivity index (χ1n) is 11.3. The minimum absolute atomic E-state index is 0.0722. The predicted molar refractivity (Wildman–Crippen MR) is 125 cm³/mol. The van der Waals surface area contributed by atoms with Gasteiger partial charge in [-0.15, -0.1) is 0 Å². The van der Waals surface area contributed by atoms with Gasteiger partial charge in [-0.2, -0.15) is 0 Å². The van der Waals surface area contributed by atoms with Gasteiger partial charge in [0.05, 0.1) is 31.3 Å². The Bertz CT molecular complexity index is 1010. The Morgan fingerprint density at radius 1 is 1.00 bits per heavy atom. The molecule has 0 bridgehead atoms. The van der Waals surface area contributed by atoms with Gasteiger partial charge in [0, 0.05) is 32.2 Å². The van der Waals surface area contributed by atoms with Crippen molar-refractivity contribution in [2.24, 2.45) is 0 Å². The topological polar surface area (TPSA) is 91.0 Å². The van der Waals surface area contributed by atoms with Crippen LogP contribution >= 0.6 is 0 Å². The lowest BCUT2D eigenvalue weighted by Crippen LogP contribution is -2.50. The number of carbonyl (C=O) groups excluding carboxylic acids is 3. The highest BCUT2D eigenvalue weighted by Gasteiger charge is 2.26. The van der Waals surface area contributed by atoms with Crippen LogP contribution in [0.5, 0.6) is 5.75 Å². The van der Waals surface area contributed by atoms with Gasteiger partial charge in [0.25, 0.3) is 5.91 Å². The summed E-state index contributed by atoms with van der Waals surface area (Å²) in [6, 6.07) is 14.8. The Morgan fingerprint density at radius 3 is 2.48 bits per heavy atom. The Kier molecular flexibility index (Phi) is 7.24. The van der Waals surface area contributed by atoms with E-state index in [0.29, 0.717) is 43.9 Å². The molecule has 8 nitrogen and oxygen atoms in total. The molecule has 0 spiro atoms. The molecule has 0 atom stereocenters. The molecule has 0 radical (unpaired) electrons. The van der Waals surface area contributed by atoms with E-state index in [9.17, 15) is 14.4 Å². The molecule has 2 aromatic carbocycles. The number of nitrogens with zero attached hydrogens (tertiary/aromatic N) is 2. The van der Waals surface area contributed by atoms with Crippen molar-refractivity contribution < 1.29 is 19.1 Å². The number of hydrogen-bond donors (Lipinski definition) is 2. The number of nitrogens with one attached hydrogen (secondary N) is 2. The largest absolute Gasteiger partial charge is 0.497 e. The van der Waals surface area contributed by atoms with Crippen LogP contribution in [0.1, 0.15) is 28.8 Å². The van der Waals surface area contributed by atoms with Crippen molar-refractivity contribution in [3.8, 4) is 5.75 Å². The fraction of sp³-hybridized carbons (Fsp3) is 0.400. The predicted octanol–water partition coefficient (Wildman–Crippen LogP) is 1.91. The van der Waals surface area contributed by atoms with Crippen LogP contribution < -0.4 is 15.4 Å². The molecule has 2 aromatic rings. The molecule has 1 saturated carbocycles. The lowest BCUT2D eigenvalue weighted by Gasteiger charge is -2.34. The zero-order valence-corrected chi connectivity index (χ0v) is 18.9. The number of anilines is 1. The van der Waals surface area contributed by atoms with Crippen molar-refractivity contribution in [1.82, 2.24) is 15.1 Å². The van der Waals surface area contributed by atoms with Gasteiger partial charge in [0.15, 0.2) is 0 Å². The van der Waals surface area contributed by atoms with Crippen molar-refractivity contribution in [2.75, 3.05) is 45.2 Å². The van der Waals surface area contributed by atoms with Gasteiger partial charge >= 0.3 is 0 Å². The molecule has 0 aromatic heterocycles. The average Bonchev–Trinajstić information content (AvgIpc) is 3.64. The van der Waals surface area contributed by atoms with E-state index >= 15 is 0 Å². The maximum atomic E-state index is 12.7. The summed E-state index contributed by atoms with van der Waals surface area (Å²) < 4.78 is 5.22. The third-order valence-corrected chi connectivity index (χ3v) is 5.94. The third kappa shape index (κ3) is 6.32. The SMILES string of the molecule is COc1cccc(CC(=O)N2CCN(CC(=O)Nc3ccccc3C(=O)NC3CC3)CC2)c1. The number of methoxy groups -OCH3 is 1. The number of ether oxygens (including phenoxy) is 1. The number of para-hydroxylation sites is 1. The Labute approximate surface area is 193 Å². The van der Waals surface area contributed by atoms with Crippen molar-refractivity contribution in [3.63, 3.8) is 0 Å². The molecule has 2 N–H and O–H groups in total. The second-order valence-corrected chi connectivity index (χ2v) is 8.53. The van der Waals surface area contributed by atoms with Gasteiger partial charge in [0.1, 0.15) is 5.75 Å². The number of hydrogen-bond acceptors (Lipinski definition) is 5. The minimum Gasteiger partial charge on any atom is -0.497 e. The quantitative estimate of drug-likeness (QED) is 0.641. The fourth-order valence-corrected chi connectivity index (χ4v) is 3.90. The Morgan fingerprint density at radius 2 is 1.76 bits per heavy atom. The van der Waals surface area contributed by atoms with Gasteiger partial charge in [-0.25, -0.2) is 0 Å². The summed E-state index contributed by atoms with van der Waals surface area (Å²) in [5, 5.41) is 5.84. The molecular weight excluding hydrogens is 420 g/mol. The summed E-state index contributed by atoms with van der Waals surface area (Å²) in [5.74, 6) is 0.486. The van der Waals surface area contributed by atoms with Gasteiger partial charge in [-0.05, 0) is 42.7 Å². The third-order valence-electron chi connectivity index (χ3n) is 5.94. The molecule has 1 aliphatic carbocycles. The van der Waals surface area contributed by atoms with Crippen LogP contribution in [0.3, 0.4) is 0 Å². The first-order chi connectivity index (χ1) is 16.0. The van der Waals surface area contributed by atoms with Gasteiger partial charge in [0.2, 0.25) is 11.8 Å². The van der Waals surface area contributed by atoms with Crippen molar-refractivity contribution in [2.45, 2.75) is 25.3 Å². The molecule has 33 heavy (non-hydrogen) atoms. The van der Waals surface area contributed by atoms with Crippen LogP contribution in [-0.2, 0) is 16.0 Å². The van der Waals surface area contributed by atoms with E-state index in [1.165, 1.54) is 0 Å². The normalized spacial score (nSPS) is 16.2. The van der Waals surface area contributed by atoms with E-state index in [2.05, 4.69) is 10.6 Å². The molecular formula is C25H30N4O4. The second kappa shape index (κ2) is 10.5. The molecule has 1 saturated heterocycles. The standard InChI is InChI=1S/C25H30N4O4/c1-33-20-6-4-5-18(15-20)16-24(31)29-13-11-28(12-14-29)17-23(30)27-22-8-3-2-7-21(22)25(32)26-19-9-10-19/h2-8,15,19H,9-14,16-17H2,1H3,(H,26,32)(H,27,30). The summed E-state index contributed by atoms with van der Waals surface area (Å²) in [6.45, 7) is 2.63. The maximum absolute atomic E-state index is 12.7. The lowest BCUT2D eigenvalue weighted by molar-refractivity contribution is -0.132. The van der Waals surface area contributed by atoms with E-state index in [-0.39, 0.29) is 30.3 Å². The number of piperazine rings is 1. The summed E-state index contributed by atoms with van der Waals surface area (Å²) in [4.78, 5) is 41.6. The van der Waals surface area contributed by atoms with Crippen LogP contribution in [0.2, 0.25) is 0 Å². The lowest BCUT2D eigenvalue weighted by atomic mass is 10.1. The zero-order chi connectivity index (χ0) is 23.2. The summed E-state index contributed by atoms with van der Waals surface area (Å²) in [5.41, 5.74) is 1.92. The molecule has 174 valence electrons. The van der Waals surface area contributed by atoms with Crippen LogP contribution in [0, 0.1) is 0 Å². The highest BCUT2D eigenvalue weighted by molar-refractivity contribution is 6.04. The fourth-order valence-electron chi connectivity index (χ4n) is 3.90. The molecule has 8 heteroatoms. The highest BCUT2D eigenvalue weighted by atomic mass is 16.5. The summed E-state index contributed by atoms with van der Waals surface area (Å²) in [6.07, 6.45) is 2.35. The first-order valence-corrected chi connectivity index (χ1v) is 11.3. The number of benzene rings is 2. The minimum atomic E-state index is -0.169. The van der Waals surface area contributed by atoms with E-state index in [4.69, 9.17) is 4.74 Å².